The lowest BCUT2D eigenvalue weighted by Gasteiger charge is -2.34. The van der Waals surface area contributed by atoms with Crippen LogP contribution in [0.3, 0.4) is 0 Å². The van der Waals surface area contributed by atoms with Gasteiger partial charge in [-0.1, -0.05) is 18.2 Å². The molecule has 3 rings (SSSR count). The van der Waals surface area contributed by atoms with Gasteiger partial charge in [0.25, 0.3) is 0 Å². The smallest absolute Gasteiger partial charge is 0.225 e. The van der Waals surface area contributed by atoms with Crippen molar-refractivity contribution < 1.29 is 9.53 Å². The van der Waals surface area contributed by atoms with E-state index in [0.29, 0.717) is 18.5 Å². The molecule has 0 spiro atoms. The van der Waals surface area contributed by atoms with Crippen LogP contribution in [0.25, 0.3) is 0 Å². The number of hydrogen-bond donors (Lipinski definition) is 2. The minimum Gasteiger partial charge on any atom is -0.489 e. The number of para-hydroxylation sites is 1. The maximum Gasteiger partial charge on any atom is 0.225 e. The van der Waals surface area contributed by atoms with Crippen molar-refractivity contribution in [2.24, 2.45) is 10.9 Å². The Morgan fingerprint density at radius 1 is 1.21 bits per heavy atom. The van der Waals surface area contributed by atoms with E-state index in [2.05, 4.69) is 20.5 Å². The summed E-state index contributed by atoms with van der Waals surface area (Å²) in [5.41, 5.74) is 0. The number of benzene rings is 1. The molecule has 29 heavy (non-hydrogen) atoms. The number of guanidine groups is 1. The van der Waals surface area contributed by atoms with Crippen LogP contribution < -0.4 is 15.4 Å². The van der Waals surface area contributed by atoms with E-state index in [4.69, 9.17) is 4.74 Å². The molecule has 2 fully saturated rings. The lowest BCUT2D eigenvalue weighted by Crippen LogP contribution is -2.48. The van der Waals surface area contributed by atoms with Crippen molar-refractivity contribution in [1.29, 1.82) is 0 Å². The highest BCUT2D eigenvalue weighted by Gasteiger charge is 2.30. The first-order valence-electron chi connectivity index (χ1n) is 10.7. The predicted octanol–water partition coefficient (Wildman–Crippen LogP) is 2.75. The minimum absolute atomic E-state index is 0.0343. The van der Waals surface area contributed by atoms with Gasteiger partial charge < -0.3 is 20.3 Å². The van der Waals surface area contributed by atoms with E-state index < -0.39 is 0 Å². The number of carbonyl (C=O) groups is 1. The Hall–Kier alpha value is -1.89. The van der Waals surface area contributed by atoms with Gasteiger partial charge in [0.2, 0.25) is 5.91 Å². The average molecular weight is 419 g/mol. The van der Waals surface area contributed by atoms with Gasteiger partial charge in [-0.05, 0) is 44.7 Å². The molecule has 160 valence electrons. The third-order valence-electron chi connectivity index (χ3n) is 5.60. The number of ether oxygens (including phenoxy) is 1. The van der Waals surface area contributed by atoms with Gasteiger partial charge in [-0.15, -0.1) is 0 Å². The van der Waals surface area contributed by atoms with E-state index in [1.165, 1.54) is 0 Å². The van der Waals surface area contributed by atoms with Gasteiger partial charge in [0.15, 0.2) is 5.96 Å². The quantitative estimate of drug-likeness (QED) is 0.549. The van der Waals surface area contributed by atoms with E-state index in [-0.39, 0.29) is 12.0 Å². The summed E-state index contributed by atoms with van der Waals surface area (Å²) in [7, 11) is 1.79. The van der Waals surface area contributed by atoms with E-state index in [9.17, 15) is 4.79 Å². The molecule has 1 heterocycles. The Kier molecular flexibility index (Phi) is 8.52. The van der Waals surface area contributed by atoms with Crippen LogP contribution in [0.15, 0.2) is 35.3 Å². The molecule has 1 aromatic carbocycles. The van der Waals surface area contributed by atoms with E-state index in [0.717, 1.165) is 62.0 Å². The molecule has 1 aliphatic heterocycles. The number of thioether (sulfide) groups is 1. The largest absolute Gasteiger partial charge is 0.489 e. The van der Waals surface area contributed by atoms with Crippen LogP contribution in [-0.4, -0.2) is 67.1 Å². The molecule has 1 saturated heterocycles. The standard InChI is InChI=1S/C22H34N4O2S/c1-17(28-20-6-4-3-5-7-20)16-24-22(23-2)25-19-10-8-18(9-11-19)21(27)26-12-14-29-15-13-26/h3-7,17-19H,8-16H2,1-2H3,(H2,23,24,25). The molecule has 2 N–H and O–H groups in total. The molecule has 1 amide bonds. The summed E-state index contributed by atoms with van der Waals surface area (Å²) >= 11 is 1.95. The van der Waals surface area contributed by atoms with Crippen molar-refractivity contribution in [2.45, 2.75) is 44.8 Å². The third-order valence-corrected chi connectivity index (χ3v) is 6.54. The Morgan fingerprint density at radius 2 is 1.90 bits per heavy atom. The summed E-state index contributed by atoms with van der Waals surface area (Å²) in [5, 5.41) is 6.88. The van der Waals surface area contributed by atoms with Crippen molar-refractivity contribution in [3.05, 3.63) is 30.3 Å². The molecule has 0 radical (unpaired) electrons. The second-order valence-electron chi connectivity index (χ2n) is 7.83. The van der Waals surface area contributed by atoms with E-state index in [1.807, 2.05) is 49.0 Å². The van der Waals surface area contributed by atoms with Gasteiger partial charge in [-0.2, -0.15) is 11.8 Å². The second-order valence-corrected chi connectivity index (χ2v) is 9.05. The first-order valence-corrected chi connectivity index (χ1v) is 11.9. The van der Waals surface area contributed by atoms with Gasteiger partial charge in [0.05, 0.1) is 6.54 Å². The molecule has 0 bridgehead atoms. The zero-order valence-electron chi connectivity index (χ0n) is 17.6. The molecule has 1 atom stereocenters. The third kappa shape index (κ3) is 6.84. The van der Waals surface area contributed by atoms with Crippen LogP contribution in [-0.2, 0) is 4.79 Å². The fourth-order valence-corrected chi connectivity index (χ4v) is 4.83. The molecule has 1 saturated carbocycles. The van der Waals surface area contributed by atoms with Gasteiger partial charge in [0, 0.05) is 43.6 Å². The summed E-state index contributed by atoms with van der Waals surface area (Å²) in [6.45, 7) is 4.56. The topological polar surface area (TPSA) is 66.0 Å². The molecule has 0 aromatic heterocycles. The van der Waals surface area contributed by atoms with Crippen molar-refractivity contribution >= 4 is 23.6 Å². The summed E-state index contributed by atoms with van der Waals surface area (Å²) in [4.78, 5) is 19.1. The summed E-state index contributed by atoms with van der Waals surface area (Å²) < 4.78 is 5.91. The highest BCUT2D eigenvalue weighted by molar-refractivity contribution is 7.99. The molecule has 1 aromatic rings. The predicted molar refractivity (Wildman–Crippen MR) is 121 cm³/mol. The van der Waals surface area contributed by atoms with Crippen LogP contribution in [0.2, 0.25) is 0 Å². The van der Waals surface area contributed by atoms with Gasteiger partial charge >= 0.3 is 0 Å². The van der Waals surface area contributed by atoms with Crippen molar-refractivity contribution in [3.8, 4) is 5.75 Å². The van der Waals surface area contributed by atoms with E-state index in [1.54, 1.807) is 7.05 Å². The molecule has 7 heteroatoms. The first kappa shape index (κ1) is 21.8. The number of aliphatic imine (C=N–C) groups is 1. The number of carbonyl (C=O) groups excluding carboxylic acids is 1. The first-order chi connectivity index (χ1) is 14.2. The van der Waals surface area contributed by atoms with Crippen LogP contribution >= 0.6 is 11.8 Å². The Bertz CT molecular complexity index is 656. The molecule has 1 aliphatic carbocycles. The number of rotatable bonds is 6. The van der Waals surface area contributed by atoms with Crippen LogP contribution in [0, 0.1) is 5.92 Å². The Labute approximate surface area is 178 Å². The van der Waals surface area contributed by atoms with Crippen LogP contribution in [0.1, 0.15) is 32.6 Å². The Morgan fingerprint density at radius 3 is 2.55 bits per heavy atom. The molecule has 2 aliphatic rings. The maximum atomic E-state index is 12.7. The monoisotopic (exact) mass is 418 g/mol. The minimum atomic E-state index is 0.0343. The van der Waals surface area contributed by atoms with Crippen LogP contribution in [0.4, 0.5) is 0 Å². The maximum absolute atomic E-state index is 12.7. The van der Waals surface area contributed by atoms with Crippen molar-refractivity contribution in [3.63, 3.8) is 0 Å². The lowest BCUT2D eigenvalue weighted by atomic mass is 9.85. The highest BCUT2D eigenvalue weighted by atomic mass is 32.2. The average Bonchev–Trinajstić information content (AvgIpc) is 2.78. The summed E-state index contributed by atoms with van der Waals surface area (Å²) in [6.07, 6.45) is 3.98. The Balaban J connectivity index is 1.37. The van der Waals surface area contributed by atoms with Gasteiger partial charge in [0.1, 0.15) is 11.9 Å². The summed E-state index contributed by atoms with van der Waals surface area (Å²) in [6, 6.07) is 10.2. The van der Waals surface area contributed by atoms with Crippen molar-refractivity contribution in [1.82, 2.24) is 15.5 Å². The number of hydrogen-bond acceptors (Lipinski definition) is 4. The zero-order chi connectivity index (χ0) is 20.5. The fourth-order valence-electron chi connectivity index (χ4n) is 3.93. The summed E-state index contributed by atoms with van der Waals surface area (Å²) in [5.74, 6) is 4.41. The number of amides is 1. The fraction of sp³-hybridized carbons (Fsp3) is 0.636. The molecule has 6 nitrogen and oxygen atoms in total. The van der Waals surface area contributed by atoms with Gasteiger partial charge in [-0.3, -0.25) is 9.79 Å². The normalized spacial score (nSPS) is 23.9. The number of nitrogens with zero attached hydrogens (tertiary/aromatic N) is 2. The van der Waals surface area contributed by atoms with Crippen LogP contribution in [0.5, 0.6) is 5.75 Å². The lowest BCUT2D eigenvalue weighted by molar-refractivity contribution is -0.136. The highest BCUT2D eigenvalue weighted by Crippen LogP contribution is 2.27. The number of nitrogens with one attached hydrogen (secondary N) is 2. The van der Waals surface area contributed by atoms with Gasteiger partial charge in [-0.25, -0.2) is 0 Å². The second kappa shape index (κ2) is 11.3. The molecule has 1 unspecified atom stereocenters. The zero-order valence-corrected chi connectivity index (χ0v) is 18.4. The SMILES string of the molecule is CN=C(NCC(C)Oc1ccccc1)NC1CCC(C(=O)N2CCSCC2)CC1. The van der Waals surface area contributed by atoms with E-state index >= 15 is 0 Å². The van der Waals surface area contributed by atoms with Crippen molar-refractivity contribution in [2.75, 3.05) is 38.2 Å². The molecular formula is C22H34N4O2S. The molecular weight excluding hydrogens is 384 g/mol.